The molecule has 0 spiro atoms. The number of hydrogen-bond acceptors (Lipinski definition) is 3. The number of allylic oxidation sites excluding steroid dienone is 1. The van der Waals surface area contributed by atoms with Crippen LogP contribution in [-0.2, 0) is 0 Å². The zero-order valence-electron chi connectivity index (χ0n) is 6.10. The molecular weight excluding hydrogens is 114 g/mol. The van der Waals surface area contributed by atoms with Gasteiger partial charge in [-0.15, -0.1) is 0 Å². The van der Waals surface area contributed by atoms with Crippen molar-refractivity contribution in [1.29, 1.82) is 5.53 Å². The van der Waals surface area contributed by atoms with Crippen LogP contribution in [0.15, 0.2) is 17.0 Å². The van der Waals surface area contributed by atoms with Crippen molar-refractivity contribution in [2.75, 3.05) is 0 Å². The summed E-state index contributed by atoms with van der Waals surface area (Å²) in [7, 11) is 0. The molecule has 0 aliphatic rings. The fourth-order valence-electron chi connectivity index (χ4n) is 0.455. The zero-order chi connectivity index (χ0) is 7.49. The van der Waals surface area contributed by atoms with E-state index in [2.05, 4.69) is 5.11 Å². The van der Waals surface area contributed by atoms with Crippen LogP contribution in [0.25, 0.3) is 0 Å². The van der Waals surface area contributed by atoms with Gasteiger partial charge in [0.2, 0.25) is 0 Å². The topological polar surface area (TPSA) is 62.2 Å². The van der Waals surface area contributed by atoms with E-state index in [1.165, 1.54) is 6.20 Å². The molecule has 0 saturated carbocycles. The van der Waals surface area contributed by atoms with Gasteiger partial charge in [-0.05, 0) is 0 Å². The summed E-state index contributed by atoms with van der Waals surface area (Å²) >= 11 is 0. The van der Waals surface area contributed by atoms with Crippen LogP contribution in [0.1, 0.15) is 20.8 Å². The van der Waals surface area contributed by atoms with Gasteiger partial charge in [-0.25, -0.2) is 5.53 Å². The average molecular weight is 127 g/mol. The third kappa shape index (κ3) is 2.26. The molecular formula is C6H13N3. The molecule has 0 atom stereocenters. The molecule has 0 bridgehead atoms. The molecule has 52 valence electrons. The molecule has 0 saturated heterocycles. The first-order valence-corrected chi connectivity index (χ1v) is 2.82. The summed E-state index contributed by atoms with van der Waals surface area (Å²) in [6.07, 6.45) is 1.37. The summed E-state index contributed by atoms with van der Waals surface area (Å²) in [5.41, 5.74) is 12.4. The molecule has 3 heteroatoms. The lowest BCUT2D eigenvalue weighted by Gasteiger charge is -2.16. The van der Waals surface area contributed by atoms with Gasteiger partial charge in [-0.2, -0.15) is 5.11 Å². The van der Waals surface area contributed by atoms with Crippen molar-refractivity contribution in [2.24, 2.45) is 16.3 Å². The maximum Gasteiger partial charge on any atom is 0.0830 e. The third-order valence-electron chi connectivity index (χ3n) is 1.05. The smallest absolute Gasteiger partial charge is 0.0830 e. The lowest BCUT2D eigenvalue weighted by molar-refractivity contribution is 0.488. The molecule has 0 aliphatic carbocycles. The first-order valence-electron chi connectivity index (χ1n) is 2.82. The van der Waals surface area contributed by atoms with Crippen LogP contribution in [0, 0.1) is 10.9 Å². The highest BCUT2D eigenvalue weighted by Crippen LogP contribution is 2.24. The van der Waals surface area contributed by atoms with E-state index in [1.807, 2.05) is 20.8 Å². The molecule has 0 aromatic heterocycles. The first kappa shape index (κ1) is 8.14. The van der Waals surface area contributed by atoms with Crippen molar-refractivity contribution in [2.45, 2.75) is 20.8 Å². The van der Waals surface area contributed by atoms with Crippen LogP contribution in [0.2, 0.25) is 0 Å². The lowest BCUT2D eigenvalue weighted by atomic mass is 9.93. The Balaban J connectivity index is 4.32. The monoisotopic (exact) mass is 127 g/mol. The largest absolute Gasteiger partial charge is 0.403 e. The second-order valence-corrected chi connectivity index (χ2v) is 2.91. The van der Waals surface area contributed by atoms with Gasteiger partial charge in [0.05, 0.1) is 5.70 Å². The zero-order valence-corrected chi connectivity index (χ0v) is 6.10. The van der Waals surface area contributed by atoms with Gasteiger partial charge in [0, 0.05) is 11.6 Å². The number of hydrogen-bond donors (Lipinski definition) is 2. The average Bonchev–Trinajstić information content (AvgIpc) is 1.65. The van der Waals surface area contributed by atoms with E-state index in [-0.39, 0.29) is 5.41 Å². The van der Waals surface area contributed by atoms with Crippen LogP contribution in [0.5, 0.6) is 0 Å². The predicted octanol–water partition coefficient (Wildman–Crippen LogP) is 1.86. The predicted molar refractivity (Wildman–Crippen MR) is 36.9 cm³/mol. The van der Waals surface area contributed by atoms with Gasteiger partial charge in [0.25, 0.3) is 0 Å². The van der Waals surface area contributed by atoms with Crippen molar-refractivity contribution < 1.29 is 0 Å². The van der Waals surface area contributed by atoms with E-state index in [0.29, 0.717) is 5.70 Å². The van der Waals surface area contributed by atoms with E-state index in [0.717, 1.165) is 0 Å². The number of nitrogens with zero attached hydrogens (tertiary/aromatic N) is 1. The minimum absolute atomic E-state index is 0.101. The van der Waals surface area contributed by atoms with Crippen molar-refractivity contribution >= 4 is 0 Å². The molecule has 3 nitrogen and oxygen atoms in total. The molecule has 3 N–H and O–H groups in total. The summed E-state index contributed by atoms with van der Waals surface area (Å²) in [5.74, 6) is 0. The molecule has 9 heavy (non-hydrogen) atoms. The summed E-state index contributed by atoms with van der Waals surface area (Å²) < 4.78 is 0. The fourth-order valence-corrected chi connectivity index (χ4v) is 0.455. The highest BCUT2D eigenvalue weighted by molar-refractivity contribution is 5.05. The Morgan fingerprint density at radius 1 is 1.56 bits per heavy atom. The Bertz CT molecular complexity index is 130. The summed E-state index contributed by atoms with van der Waals surface area (Å²) in [6, 6.07) is 0. The second kappa shape index (κ2) is 2.62. The van der Waals surface area contributed by atoms with Crippen molar-refractivity contribution in [3.8, 4) is 0 Å². The van der Waals surface area contributed by atoms with E-state index >= 15 is 0 Å². The molecule has 0 amide bonds. The Labute approximate surface area is 55.5 Å². The quantitative estimate of drug-likeness (QED) is 0.519. The molecule has 0 radical (unpaired) electrons. The van der Waals surface area contributed by atoms with Crippen molar-refractivity contribution in [1.82, 2.24) is 0 Å². The Morgan fingerprint density at radius 3 is 2.00 bits per heavy atom. The second-order valence-electron chi connectivity index (χ2n) is 2.91. The van der Waals surface area contributed by atoms with E-state index < -0.39 is 0 Å². The van der Waals surface area contributed by atoms with E-state index in [4.69, 9.17) is 11.3 Å². The van der Waals surface area contributed by atoms with E-state index in [9.17, 15) is 0 Å². The number of nitrogens with two attached hydrogens (primary N) is 1. The van der Waals surface area contributed by atoms with Crippen LogP contribution in [0.3, 0.4) is 0 Å². The first-order chi connectivity index (χ1) is 4.02. The highest BCUT2D eigenvalue weighted by atomic mass is 15.0. The maximum absolute atomic E-state index is 6.69. The highest BCUT2D eigenvalue weighted by Gasteiger charge is 2.15. The summed E-state index contributed by atoms with van der Waals surface area (Å²) in [6.45, 7) is 5.89. The molecule has 0 fully saturated rings. The number of rotatable bonds is 1. The van der Waals surface area contributed by atoms with Crippen molar-refractivity contribution in [3.05, 3.63) is 11.9 Å². The van der Waals surface area contributed by atoms with Gasteiger partial charge >= 0.3 is 0 Å². The fraction of sp³-hybridized carbons (Fsp3) is 0.667. The minimum Gasteiger partial charge on any atom is -0.403 e. The SMILES string of the molecule is CC(C)(C)/C(=C/N)N=N. The van der Waals surface area contributed by atoms with Crippen LogP contribution >= 0.6 is 0 Å². The Hall–Kier alpha value is -0.860. The van der Waals surface area contributed by atoms with E-state index in [1.54, 1.807) is 0 Å². The molecule has 0 aromatic carbocycles. The van der Waals surface area contributed by atoms with Gasteiger partial charge in [0.15, 0.2) is 0 Å². The number of nitrogens with one attached hydrogen (secondary N) is 1. The minimum atomic E-state index is -0.101. The van der Waals surface area contributed by atoms with Crippen molar-refractivity contribution in [3.63, 3.8) is 0 Å². The molecule has 0 aromatic rings. The normalized spacial score (nSPS) is 13.4. The third-order valence-corrected chi connectivity index (χ3v) is 1.05. The standard InChI is InChI=1S/C6H13N3/c1-6(2,3)5(4-7)9-8/h4,8H,7H2,1-3H3/b5-4-,9-8?. The van der Waals surface area contributed by atoms with Gasteiger partial charge < -0.3 is 5.73 Å². The van der Waals surface area contributed by atoms with Gasteiger partial charge in [-0.3, -0.25) is 0 Å². The molecule has 0 rings (SSSR count). The van der Waals surface area contributed by atoms with Gasteiger partial charge in [0.1, 0.15) is 0 Å². The maximum atomic E-state index is 6.69. The summed E-state index contributed by atoms with van der Waals surface area (Å²) in [5, 5.41) is 3.26. The van der Waals surface area contributed by atoms with Crippen LogP contribution in [-0.4, -0.2) is 0 Å². The summed E-state index contributed by atoms with van der Waals surface area (Å²) in [4.78, 5) is 0. The lowest BCUT2D eigenvalue weighted by Crippen LogP contribution is -2.08. The van der Waals surface area contributed by atoms with Crippen LogP contribution in [0.4, 0.5) is 0 Å². The van der Waals surface area contributed by atoms with Crippen LogP contribution < -0.4 is 5.73 Å². The molecule has 0 aliphatic heterocycles. The molecule has 0 unspecified atom stereocenters. The van der Waals surface area contributed by atoms with Gasteiger partial charge in [-0.1, -0.05) is 20.8 Å². The Morgan fingerprint density at radius 2 is 2.00 bits per heavy atom. The molecule has 0 heterocycles. The Kier molecular flexibility index (Phi) is 2.37.